The number of anilines is 1. The van der Waals surface area contributed by atoms with E-state index in [4.69, 9.17) is 4.98 Å². The summed E-state index contributed by atoms with van der Waals surface area (Å²) >= 11 is 0. The fourth-order valence-corrected chi connectivity index (χ4v) is 3.69. The van der Waals surface area contributed by atoms with Gasteiger partial charge in [-0.05, 0) is 31.7 Å². The summed E-state index contributed by atoms with van der Waals surface area (Å²) in [6.45, 7) is 5.00. The van der Waals surface area contributed by atoms with Crippen molar-refractivity contribution in [3.05, 3.63) is 42.1 Å². The summed E-state index contributed by atoms with van der Waals surface area (Å²) in [4.78, 5) is 15.9. The lowest BCUT2D eigenvalue weighted by molar-refractivity contribution is 0.497. The van der Waals surface area contributed by atoms with Crippen LogP contribution in [0, 0.1) is 5.82 Å². The third-order valence-electron chi connectivity index (χ3n) is 5.31. The van der Waals surface area contributed by atoms with Crippen molar-refractivity contribution in [2.45, 2.75) is 31.7 Å². The third-order valence-corrected chi connectivity index (χ3v) is 5.31. The first-order valence-corrected chi connectivity index (χ1v) is 9.18. The van der Waals surface area contributed by atoms with Gasteiger partial charge < -0.3 is 10.2 Å². The molecule has 1 N–H and O–H groups in total. The zero-order valence-electron chi connectivity index (χ0n) is 14.7. The fraction of sp³-hybridized carbons (Fsp3) is 0.421. The van der Waals surface area contributed by atoms with Crippen molar-refractivity contribution in [3.8, 4) is 11.5 Å². The van der Waals surface area contributed by atoms with Crippen molar-refractivity contribution in [3.63, 3.8) is 0 Å². The second kappa shape index (κ2) is 6.02. The van der Waals surface area contributed by atoms with E-state index in [0.29, 0.717) is 23.4 Å². The third kappa shape index (κ3) is 2.63. The highest BCUT2D eigenvalue weighted by Gasteiger charge is 2.28. The summed E-state index contributed by atoms with van der Waals surface area (Å²) < 4.78 is 16.2. The summed E-state index contributed by atoms with van der Waals surface area (Å²) in [5, 5.41) is 3.39. The van der Waals surface area contributed by atoms with E-state index in [-0.39, 0.29) is 5.82 Å². The number of fused-ring (bicyclic) bond motifs is 1. The molecule has 0 amide bonds. The Labute approximate surface area is 151 Å². The molecule has 0 bridgehead atoms. The van der Waals surface area contributed by atoms with Gasteiger partial charge in [0.2, 0.25) is 0 Å². The van der Waals surface area contributed by atoms with Gasteiger partial charge in [-0.1, -0.05) is 0 Å². The maximum atomic E-state index is 14.3. The Morgan fingerprint density at radius 1 is 1.27 bits per heavy atom. The van der Waals surface area contributed by atoms with Crippen LogP contribution in [-0.2, 0) is 0 Å². The molecule has 0 aromatic carbocycles. The van der Waals surface area contributed by atoms with Crippen molar-refractivity contribution >= 4 is 11.5 Å². The van der Waals surface area contributed by atoms with E-state index in [2.05, 4.69) is 27.1 Å². The van der Waals surface area contributed by atoms with Crippen LogP contribution in [0.2, 0.25) is 0 Å². The predicted octanol–water partition coefficient (Wildman–Crippen LogP) is 2.61. The SMILES string of the molecule is CC1CNCCN1c1ccnc(-c2cnc3cc(F)c(C4CC4)cn23)n1. The molecule has 2 fully saturated rings. The molecule has 1 unspecified atom stereocenters. The first kappa shape index (κ1) is 15.7. The monoisotopic (exact) mass is 352 g/mol. The molecule has 7 heteroatoms. The van der Waals surface area contributed by atoms with Crippen molar-refractivity contribution in [1.82, 2.24) is 24.7 Å². The van der Waals surface area contributed by atoms with E-state index >= 15 is 0 Å². The maximum absolute atomic E-state index is 14.3. The van der Waals surface area contributed by atoms with Gasteiger partial charge in [-0.3, -0.25) is 4.40 Å². The van der Waals surface area contributed by atoms with Crippen molar-refractivity contribution in [2.75, 3.05) is 24.5 Å². The Morgan fingerprint density at radius 3 is 2.96 bits per heavy atom. The Morgan fingerprint density at radius 2 is 2.15 bits per heavy atom. The second-order valence-electron chi connectivity index (χ2n) is 7.21. The van der Waals surface area contributed by atoms with E-state index < -0.39 is 0 Å². The van der Waals surface area contributed by atoms with Crippen LogP contribution in [0.1, 0.15) is 31.2 Å². The molecule has 0 spiro atoms. The molecule has 4 heterocycles. The van der Waals surface area contributed by atoms with Gasteiger partial charge in [-0.15, -0.1) is 0 Å². The molecule has 26 heavy (non-hydrogen) atoms. The number of hydrogen-bond donors (Lipinski definition) is 1. The predicted molar refractivity (Wildman–Crippen MR) is 97.8 cm³/mol. The lowest BCUT2D eigenvalue weighted by Gasteiger charge is -2.34. The van der Waals surface area contributed by atoms with Crippen LogP contribution in [0.15, 0.2) is 30.7 Å². The molecule has 6 nitrogen and oxygen atoms in total. The molecule has 1 aliphatic carbocycles. The van der Waals surface area contributed by atoms with Crippen LogP contribution in [-0.4, -0.2) is 45.0 Å². The Hall–Kier alpha value is -2.54. The lowest BCUT2D eigenvalue weighted by Crippen LogP contribution is -2.50. The highest BCUT2D eigenvalue weighted by atomic mass is 19.1. The van der Waals surface area contributed by atoms with Gasteiger partial charge in [0, 0.05) is 49.7 Å². The normalized spacial score (nSPS) is 20.7. The summed E-state index contributed by atoms with van der Waals surface area (Å²) in [6, 6.07) is 3.84. The molecule has 3 aromatic heterocycles. The molecule has 3 aromatic rings. The largest absolute Gasteiger partial charge is 0.351 e. The van der Waals surface area contributed by atoms with Crippen molar-refractivity contribution in [1.29, 1.82) is 0 Å². The molecule has 1 atom stereocenters. The van der Waals surface area contributed by atoms with Gasteiger partial charge in [0.15, 0.2) is 5.82 Å². The smallest absolute Gasteiger partial charge is 0.180 e. The molecule has 0 radical (unpaired) electrons. The highest BCUT2D eigenvalue weighted by Crippen LogP contribution is 2.41. The minimum Gasteiger partial charge on any atom is -0.351 e. The van der Waals surface area contributed by atoms with Crippen molar-refractivity contribution in [2.24, 2.45) is 0 Å². The van der Waals surface area contributed by atoms with Gasteiger partial charge in [-0.2, -0.15) is 0 Å². The standard InChI is InChI=1S/C19H21FN6/c1-12-9-21-6-7-25(12)17-4-5-22-19(24-17)16-10-23-18-8-15(20)14(11-26(16)18)13-2-3-13/h4-5,8,10-13,21H,2-3,6-7,9H2,1H3. The number of rotatable bonds is 3. The molecule has 134 valence electrons. The van der Waals surface area contributed by atoms with Gasteiger partial charge in [0.05, 0.1) is 6.20 Å². The number of piperazine rings is 1. The number of imidazole rings is 1. The number of nitrogens with one attached hydrogen (secondary N) is 1. The topological polar surface area (TPSA) is 58.3 Å². The first-order valence-electron chi connectivity index (χ1n) is 9.18. The number of aromatic nitrogens is 4. The van der Waals surface area contributed by atoms with Crippen LogP contribution in [0.25, 0.3) is 17.2 Å². The van der Waals surface area contributed by atoms with Gasteiger partial charge in [-0.25, -0.2) is 19.3 Å². The van der Waals surface area contributed by atoms with E-state index in [1.165, 1.54) is 6.07 Å². The number of hydrogen-bond acceptors (Lipinski definition) is 5. The van der Waals surface area contributed by atoms with E-state index in [1.807, 2.05) is 16.7 Å². The minimum absolute atomic E-state index is 0.165. The van der Waals surface area contributed by atoms with E-state index in [9.17, 15) is 4.39 Å². The molecular formula is C19H21FN6. The quantitative estimate of drug-likeness (QED) is 0.785. The van der Waals surface area contributed by atoms with Gasteiger partial charge in [0.25, 0.3) is 0 Å². The molecule has 2 aliphatic rings. The molecule has 1 saturated heterocycles. The van der Waals surface area contributed by atoms with Crippen LogP contribution >= 0.6 is 0 Å². The zero-order chi connectivity index (χ0) is 17.7. The minimum atomic E-state index is -0.165. The van der Waals surface area contributed by atoms with Crippen LogP contribution < -0.4 is 10.2 Å². The second-order valence-corrected chi connectivity index (χ2v) is 7.21. The summed E-state index contributed by atoms with van der Waals surface area (Å²) in [6.07, 6.45) is 7.50. The van der Waals surface area contributed by atoms with Crippen molar-refractivity contribution < 1.29 is 4.39 Å². The van der Waals surface area contributed by atoms with E-state index in [1.54, 1.807) is 12.4 Å². The van der Waals surface area contributed by atoms with Crippen LogP contribution in [0.4, 0.5) is 10.2 Å². The van der Waals surface area contributed by atoms with Crippen LogP contribution in [0.5, 0.6) is 0 Å². The molecule has 5 rings (SSSR count). The summed E-state index contributed by atoms with van der Waals surface area (Å²) in [5.74, 6) is 1.71. The molecule has 1 saturated carbocycles. The number of nitrogens with zero attached hydrogens (tertiary/aromatic N) is 5. The van der Waals surface area contributed by atoms with Gasteiger partial charge >= 0.3 is 0 Å². The average molecular weight is 352 g/mol. The van der Waals surface area contributed by atoms with Gasteiger partial charge in [0.1, 0.15) is 23.0 Å². The Bertz CT molecular complexity index is 964. The number of pyridine rings is 1. The highest BCUT2D eigenvalue weighted by molar-refractivity contribution is 5.59. The molecule has 1 aliphatic heterocycles. The first-order chi connectivity index (χ1) is 12.7. The van der Waals surface area contributed by atoms with Crippen LogP contribution in [0.3, 0.4) is 0 Å². The molecular weight excluding hydrogens is 331 g/mol. The lowest BCUT2D eigenvalue weighted by atomic mass is 10.2. The fourth-order valence-electron chi connectivity index (χ4n) is 3.69. The summed E-state index contributed by atoms with van der Waals surface area (Å²) in [5.41, 5.74) is 2.15. The Kier molecular flexibility index (Phi) is 3.63. The zero-order valence-corrected chi connectivity index (χ0v) is 14.7. The Balaban J connectivity index is 1.57. The average Bonchev–Trinajstić information content (AvgIpc) is 3.42. The number of halogens is 1. The summed E-state index contributed by atoms with van der Waals surface area (Å²) in [7, 11) is 0. The van der Waals surface area contributed by atoms with E-state index in [0.717, 1.165) is 49.6 Å². The maximum Gasteiger partial charge on any atom is 0.180 e.